The molecule has 2 amide bonds. The Labute approximate surface area is 283 Å². The van der Waals surface area contributed by atoms with Gasteiger partial charge in [-0.05, 0) is 67.6 Å². The van der Waals surface area contributed by atoms with Gasteiger partial charge in [0.05, 0.1) is 10.6 Å². The van der Waals surface area contributed by atoms with Crippen molar-refractivity contribution in [2.24, 2.45) is 0 Å². The Hall–Kier alpha value is -4.14. The van der Waals surface area contributed by atoms with Crippen LogP contribution in [0.1, 0.15) is 54.4 Å². The van der Waals surface area contributed by atoms with E-state index in [9.17, 15) is 18.0 Å². The molecule has 1 aliphatic rings. The molecule has 5 rings (SSSR count). The lowest BCUT2D eigenvalue weighted by atomic mass is 9.94. The maximum absolute atomic E-state index is 14.7. The fourth-order valence-electron chi connectivity index (χ4n) is 6.23. The maximum Gasteiger partial charge on any atom is 0.264 e. The summed E-state index contributed by atoms with van der Waals surface area (Å²) in [4.78, 5) is 30.5. The highest BCUT2D eigenvalue weighted by Gasteiger charge is 2.36. The van der Waals surface area contributed by atoms with Crippen molar-refractivity contribution in [2.75, 3.05) is 10.8 Å². The highest BCUT2D eigenvalue weighted by Crippen LogP contribution is 2.29. The number of benzene rings is 4. The average Bonchev–Trinajstić information content (AvgIpc) is 3.07. The first-order chi connectivity index (χ1) is 22.6. The van der Waals surface area contributed by atoms with Gasteiger partial charge < -0.3 is 10.2 Å². The molecule has 1 N–H and O–H groups in total. The summed E-state index contributed by atoms with van der Waals surface area (Å²) in [6, 6.07) is 29.5. The first-order valence-electron chi connectivity index (χ1n) is 16.2. The van der Waals surface area contributed by atoms with Gasteiger partial charge in [-0.2, -0.15) is 0 Å². The van der Waals surface area contributed by atoms with Gasteiger partial charge in [0.15, 0.2) is 0 Å². The lowest BCUT2D eigenvalue weighted by Gasteiger charge is -2.35. The zero-order valence-electron chi connectivity index (χ0n) is 26.9. The van der Waals surface area contributed by atoms with Crippen LogP contribution < -0.4 is 9.62 Å². The zero-order valence-corrected chi connectivity index (χ0v) is 28.5. The van der Waals surface area contributed by atoms with E-state index in [0.717, 1.165) is 47.5 Å². The molecule has 0 saturated heterocycles. The van der Waals surface area contributed by atoms with E-state index in [1.807, 2.05) is 74.5 Å². The van der Waals surface area contributed by atoms with Crippen LogP contribution in [0.2, 0.25) is 5.02 Å². The number of aryl methyl sites for hydroxylation is 2. The molecule has 0 heterocycles. The predicted molar refractivity (Wildman–Crippen MR) is 188 cm³/mol. The largest absolute Gasteiger partial charge is 0.352 e. The topological polar surface area (TPSA) is 86.8 Å². The highest BCUT2D eigenvalue weighted by atomic mass is 35.5. The molecule has 0 spiro atoms. The van der Waals surface area contributed by atoms with E-state index in [1.165, 1.54) is 17.0 Å². The van der Waals surface area contributed by atoms with E-state index >= 15 is 0 Å². The Morgan fingerprint density at radius 3 is 2.15 bits per heavy atom. The molecule has 0 bridgehead atoms. The predicted octanol–water partition coefficient (Wildman–Crippen LogP) is 7.24. The third-order valence-electron chi connectivity index (χ3n) is 8.75. The van der Waals surface area contributed by atoms with Gasteiger partial charge in [-0.15, -0.1) is 0 Å². The molecule has 1 aliphatic carbocycles. The van der Waals surface area contributed by atoms with Crippen LogP contribution in [0.5, 0.6) is 0 Å². The Morgan fingerprint density at radius 1 is 0.851 bits per heavy atom. The number of carbonyl (C=O) groups excluding carboxylic acids is 2. The second-order valence-corrected chi connectivity index (χ2v) is 14.5. The molecule has 1 atom stereocenters. The summed E-state index contributed by atoms with van der Waals surface area (Å²) in [5.41, 5.74) is 3.63. The maximum atomic E-state index is 14.7. The van der Waals surface area contributed by atoms with Gasteiger partial charge in [-0.1, -0.05) is 115 Å². The van der Waals surface area contributed by atoms with Crippen LogP contribution in [0.3, 0.4) is 0 Å². The Morgan fingerprint density at radius 2 is 1.49 bits per heavy atom. The number of halogens is 1. The average molecular weight is 672 g/mol. The summed E-state index contributed by atoms with van der Waals surface area (Å²) in [7, 11) is -4.17. The molecule has 246 valence electrons. The standard InChI is InChI=1S/C38H42ClN3O4S/c1-28-22-23-35(29(2)24-28)42(47(45,46)33-19-10-5-11-20-33)27-37(43)41(26-31-16-12-13-21-34(31)39)36(25-30-14-6-3-7-15-30)38(44)40-32-17-8-4-9-18-32/h3,5-7,10-16,19-24,32,36H,4,8-9,17-18,25-27H2,1-2H3,(H,40,44)/t36-/m0/s1. The molecule has 4 aromatic carbocycles. The van der Waals surface area contributed by atoms with Crippen LogP contribution in [-0.2, 0) is 32.6 Å². The lowest BCUT2D eigenvalue weighted by Crippen LogP contribution is -2.55. The normalized spacial score (nSPS) is 14.3. The van der Waals surface area contributed by atoms with Crippen LogP contribution in [-0.4, -0.2) is 43.8 Å². The van der Waals surface area contributed by atoms with E-state index in [0.29, 0.717) is 21.8 Å². The van der Waals surface area contributed by atoms with E-state index in [-0.39, 0.29) is 29.8 Å². The summed E-state index contributed by atoms with van der Waals surface area (Å²) in [5, 5.41) is 3.69. The molecule has 7 nitrogen and oxygen atoms in total. The van der Waals surface area contributed by atoms with Gasteiger partial charge in [-0.25, -0.2) is 8.42 Å². The van der Waals surface area contributed by atoms with Crippen molar-refractivity contribution in [3.05, 3.63) is 130 Å². The van der Waals surface area contributed by atoms with Crippen LogP contribution in [0.4, 0.5) is 5.69 Å². The first kappa shape index (κ1) is 34.2. The second-order valence-electron chi connectivity index (χ2n) is 12.3. The summed E-state index contributed by atoms with van der Waals surface area (Å²) >= 11 is 6.62. The summed E-state index contributed by atoms with van der Waals surface area (Å²) in [6.45, 7) is 3.29. The fraction of sp³-hybridized carbons (Fsp3) is 0.316. The van der Waals surface area contributed by atoms with E-state index in [2.05, 4.69) is 5.32 Å². The van der Waals surface area contributed by atoms with E-state index in [1.54, 1.807) is 30.3 Å². The minimum absolute atomic E-state index is 0.0250. The summed E-state index contributed by atoms with van der Waals surface area (Å²) in [5.74, 6) is -0.769. The number of carbonyl (C=O) groups is 2. The number of sulfonamides is 1. The molecule has 4 aromatic rings. The Bertz CT molecular complexity index is 1780. The fourth-order valence-corrected chi connectivity index (χ4v) is 7.92. The van der Waals surface area contributed by atoms with Crippen molar-refractivity contribution in [1.82, 2.24) is 10.2 Å². The number of rotatable bonds is 12. The van der Waals surface area contributed by atoms with Crippen LogP contribution in [0.15, 0.2) is 108 Å². The lowest BCUT2D eigenvalue weighted by molar-refractivity contribution is -0.140. The molecule has 0 aliphatic heterocycles. The molecular formula is C38H42ClN3O4S. The third-order valence-corrected chi connectivity index (χ3v) is 10.9. The monoisotopic (exact) mass is 671 g/mol. The van der Waals surface area contributed by atoms with Gasteiger partial charge in [0.1, 0.15) is 12.6 Å². The number of hydrogen-bond acceptors (Lipinski definition) is 4. The van der Waals surface area contributed by atoms with Crippen molar-refractivity contribution < 1.29 is 18.0 Å². The molecule has 0 aromatic heterocycles. The van der Waals surface area contributed by atoms with Crippen molar-refractivity contribution in [1.29, 1.82) is 0 Å². The number of amides is 2. The van der Waals surface area contributed by atoms with Gasteiger partial charge >= 0.3 is 0 Å². The molecule has 1 saturated carbocycles. The van der Waals surface area contributed by atoms with Crippen molar-refractivity contribution in [2.45, 2.75) is 75.9 Å². The highest BCUT2D eigenvalue weighted by molar-refractivity contribution is 7.92. The van der Waals surface area contributed by atoms with Crippen LogP contribution >= 0.6 is 11.6 Å². The summed E-state index contributed by atoms with van der Waals surface area (Å²) in [6.07, 6.45) is 5.25. The smallest absolute Gasteiger partial charge is 0.264 e. The third kappa shape index (κ3) is 8.62. The van der Waals surface area contributed by atoms with Gasteiger partial charge in [-0.3, -0.25) is 13.9 Å². The van der Waals surface area contributed by atoms with Crippen molar-refractivity contribution in [3.63, 3.8) is 0 Å². The number of anilines is 1. The van der Waals surface area contributed by atoms with Gasteiger partial charge in [0.2, 0.25) is 11.8 Å². The minimum atomic E-state index is -4.17. The number of nitrogens with zero attached hydrogens (tertiary/aromatic N) is 2. The number of hydrogen-bond donors (Lipinski definition) is 1. The van der Waals surface area contributed by atoms with E-state index in [4.69, 9.17) is 11.6 Å². The van der Waals surface area contributed by atoms with E-state index < -0.39 is 28.5 Å². The van der Waals surface area contributed by atoms with Gasteiger partial charge in [0, 0.05) is 24.0 Å². The Balaban J connectivity index is 1.58. The minimum Gasteiger partial charge on any atom is -0.352 e. The Kier molecular flexibility index (Phi) is 11.4. The second kappa shape index (κ2) is 15.6. The molecule has 47 heavy (non-hydrogen) atoms. The van der Waals surface area contributed by atoms with Crippen molar-refractivity contribution >= 4 is 39.1 Å². The molecule has 0 unspecified atom stereocenters. The quantitative estimate of drug-likeness (QED) is 0.172. The summed E-state index contributed by atoms with van der Waals surface area (Å²) < 4.78 is 29.7. The first-order valence-corrected chi connectivity index (χ1v) is 18.0. The molecule has 0 radical (unpaired) electrons. The SMILES string of the molecule is Cc1ccc(N(CC(=O)N(Cc2ccccc2Cl)[C@@H](Cc2ccccc2)C(=O)NC2CCCCC2)S(=O)(=O)c2ccccc2)c(C)c1. The van der Waals surface area contributed by atoms with Crippen LogP contribution in [0.25, 0.3) is 0 Å². The zero-order chi connectivity index (χ0) is 33.4. The molecule has 9 heteroatoms. The van der Waals surface area contributed by atoms with Crippen LogP contribution in [0, 0.1) is 13.8 Å². The van der Waals surface area contributed by atoms with Crippen molar-refractivity contribution in [3.8, 4) is 0 Å². The number of nitrogens with one attached hydrogen (secondary N) is 1. The van der Waals surface area contributed by atoms with Gasteiger partial charge in [0.25, 0.3) is 10.0 Å². The molecule has 1 fully saturated rings. The molecular weight excluding hydrogens is 630 g/mol.